The lowest BCUT2D eigenvalue weighted by Crippen LogP contribution is -2.13. The molecule has 1 aromatic carbocycles. The molecule has 33 heavy (non-hydrogen) atoms. The van der Waals surface area contributed by atoms with Crippen molar-refractivity contribution in [1.29, 1.82) is 0 Å². The van der Waals surface area contributed by atoms with Crippen molar-refractivity contribution in [3.8, 4) is 0 Å². The lowest BCUT2D eigenvalue weighted by Gasteiger charge is -2.14. The number of nitrogens with zero attached hydrogens (tertiary/aromatic N) is 5. The first kappa shape index (κ1) is 22.2. The first-order chi connectivity index (χ1) is 15.6. The minimum atomic E-state index is -0.285. The Kier molecular flexibility index (Phi) is 5.71. The number of anilines is 4. The van der Waals surface area contributed by atoms with Crippen LogP contribution < -0.4 is 15.5 Å². The van der Waals surface area contributed by atoms with E-state index in [9.17, 15) is 4.79 Å². The molecule has 0 aliphatic carbocycles. The molecule has 0 unspecified atom stereocenters. The summed E-state index contributed by atoms with van der Waals surface area (Å²) in [4.78, 5) is 28.1. The van der Waals surface area contributed by atoms with Gasteiger partial charge in [-0.15, -0.1) is 0 Å². The fourth-order valence-electron chi connectivity index (χ4n) is 3.17. The van der Waals surface area contributed by atoms with E-state index >= 15 is 0 Å². The van der Waals surface area contributed by atoms with Gasteiger partial charge in [0.05, 0.1) is 5.52 Å². The summed E-state index contributed by atoms with van der Waals surface area (Å²) in [6.07, 6.45) is 1.49. The molecular weight excluding hydrogens is 418 g/mol. The van der Waals surface area contributed by atoms with Crippen molar-refractivity contribution in [3.05, 3.63) is 59.6 Å². The fourth-order valence-corrected chi connectivity index (χ4v) is 3.17. The maximum atomic E-state index is 12.9. The fraction of sp³-hybridized carbons (Fsp3) is 0.292. The molecule has 0 radical (unpaired) electrons. The van der Waals surface area contributed by atoms with Gasteiger partial charge in [0, 0.05) is 36.8 Å². The summed E-state index contributed by atoms with van der Waals surface area (Å²) in [5.74, 6) is 2.15. The van der Waals surface area contributed by atoms with Crippen LogP contribution in [0.5, 0.6) is 0 Å². The Bertz CT molecular complexity index is 1320. The zero-order valence-electron chi connectivity index (χ0n) is 19.6. The summed E-state index contributed by atoms with van der Waals surface area (Å²) in [6.45, 7) is 8.01. The zero-order valence-corrected chi connectivity index (χ0v) is 19.6. The molecule has 0 aliphatic heterocycles. The largest absolute Gasteiger partial charge is 0.363 e. The van der Waals surface area contributed by atoms with E-state index in [-0.39, 0.29) is 11.3 Å². The number of nitrogens with one attached hydrogen (secondary N) is 2. The topological polar surface area (TPSA) is 109 Å². The van der Waals surface area contributed by atoms with E-state index in [1.54, 1.807) is 18.2 Å². The molecule has 0 saturated heterocycles. The number of benzene rings is 1. The van der Waals surface area contributed by atoms with Gasteiger partial charge in [-0.2, -0.15) is 0 Å². The second kappa shape index (κ2) is 8.50. The molecule has 170 valence electrons. The summed E-state index contributed by atoms with van der Waals surface area (Å²) in [5.41, 5.74) is 3.36. The molecule has 3 aromatic heterocycles. The van der Waals surface area contributed by atoms with Crippen LogP contribution in [-0.2, 0) is 5.41 Å². The highest BCUT2D eigenvalue weighted by atomic mass is 16.5. The van der Waals surface area contributed by atoms with Gasteiger partial charge < -0.3 is 20.1 Å². The molecule has 0 atom stereocenters. The summed E-state index contributed by atoms with van der Waals surface area (Å²) < 4.78 is 5.35. The number of aryl methyl sites for hydroxylation is 1. The molecule has 0 fully saturated rings. The molecule has 1 amide bonds. The monoisotopic (exact) mass is 445 g/mol. The first-order valence-electron chi connectivity index (χ1n) is 10.6. The van der Waals surface area contributed by atoms with Crippen LogP contribution in [0.2, 0.25) is 0 Å². The molecule has 0 spiro atoms. The van der Waals surface area contributed by atoms with Gasteiger partial charge in [0.25, 0.3) is 5.91 Å². The Morgan fingerprint density at radius 1 is 1.06 bits per heavy atom. The van der Waals surface area contributed by atoms with Crippen LogP contribution in [0.1, 0.15) is 42.5 Å². The van der Waals surface area contributed by atoms with Crippen LogP contribution in [0, 0.1) is 6.92 Å². The average Bonchev–Trinajstić information content (AvgIpc) is 3.24. The number of hydrogen-bond acceptors (Lipinski definition) is 8. The lowest BCUT2D eigenvalue weighted by molar-refractivity contribution is 0.102. The number of carbonyl (C=O) groups excluding carboxylic acids is 1. The second-order valence-electron chi connectivity index (χ2n) is 9.09. The van der Waals surface area contributed by atoms with Crippen molar-refractivity contribution in [3.63, 3.8) is 0 Å². The van der Waals surface area contributed by atoms with Crippen molar-refractivity contribution in [2.24, 2.45) is 0 Å². The Balaban J connectivity index is 1.61. The maximum Gasteiger partial charge on any atom is 0.256 e. The quantitative estimate of drug-likeness (QED) is 0.456. The van der Waals surface area contributed by atoms with Crippen LogP contribution in [0.25, 0.3) is 11.0 Å². The number of pyridine rings is 1. The van der Waals surface area contributed by atoms with Crippen LogP contribution in [0.15, 0.2) is 47.2 Å². The van der Waals surface area contributed by atoms with Crippen molar-refractivity contribution in [2.75, 3.05) is 29.6 Å². The SMILES string of the molecule is Cc1ccc(C(=O)Nc2cc(C(C)(C)C)on2)cc1Nc1ncnc2ccc(N(C)C)nc12. The van der Waals surface area contributed by atoms with Crippen molar-refractivity contribution < 1.29 is 9.32 Å². The van der Waals surface area contributed by atoms with Gasteiger partial charge in [0.1, 0.15) is 23.4 Å². The molecule has 3 heterocycles. The highest BCUT2D eigenvalue weighted by molar-refractivity contribution is 6.04. The lowest BCUT2D eigenvalue weighted by atomic mass is 9.93. The van der Waals surface area contributed by atoms with Crippen LogP contribution in [0.4, 0.5) is 23.1 Å². The van der Waals surface area contributed by atoms with E-state index in [1.807, 2.05) is 64.9 Å². The van der Waals surface area contributed by atoms with Crippen LogP contribution in [0.3, 0.4) is 0 Å². The third-order valence-electron chi connectivity index (χ3n) is 5.17. The summed E-state index contributed by atoms with van der Waals surface area (Å²) in [6, 6.07) is 11.0. The van der Waals surface area contributed by atoms with Crippen molar-refractivity contribution in [2.45, 2.75) is 33.1 Å². The number of hydrogen-bond donors (Lipinski definition) is 2. The molecule has 0 aliphatic rings. The average molecular weight is 446 g/mol. The molecule has 9 nitrogen and oxygen atoms in total. The number of amides is 1. The molecular formula is C24H27N7O2. The third-order valence-corrected chi connectivity index (χ3v) is 5.17. The van der Waals surface area contributed by atoms with Gasteiger partial charge in [-0.3, -0.25) is 4.79 Å². The van der Waals surface area contributed by atoms with Gasteiger partial charge >= 0.3 is 0 Å². The highest BCUT2D eigenvalue weighted by Crippen LogP contribution is 2.27. The Morgan fingerprint density at radius 2 is 1.85 bits per heavy atom. The van der Waals surface area contributed by atoms with E-state index in [0.29, 0.717) is 28.5 Å². The van der Waals surface area contributed by atoms with Crippen molar-refractivity contribution >= 4 is 40.1 Å². The highest BCUT2D eigenvalue weighted by Gasteiger charge is 2.21. The zero-order chi connectivity index (χ0) is 23.8. The van der Waals surface area contributed by atoms with E-state index in [4.69, 9.17) is 4.52 Å². The number of rotatable bonds is 5. The second-order valence-corrected chi connectivity index (χ2v) is 9.09. The minimum Gasteiger partial charge on any atom is -0.363 e. The van der Waals surface area contributed by atoms with Gasteiger partial charge in [0.2, 0.25) is 0 Å². The van der Waals surface area contributed by atoms with Gasteiger partial charge in [0.15, 0.2) is 11.6 Å². The first-order valence-corrected chi connectivity index (χ1v) is 10.6. The molecule has 0 saturated carbocycles. The van der Waals surface area contributed by atoms with E-state index < -0.39 is 0 Å². The van der Waals surface area contributed by atoms with Gasteiger partial charge in [-0.1, -0.05) is 32.0 Å². The molecule has 4 aromatic rings. The Hall–Kier alpha value is -4.01. The summed E-state index contributed by atoms with van der Waals surface area (Å²) in [7, 11) is 3.85. The molecule has 4 rings (SSSR count). The summed E-state index contributed by atoms with van der Waals surface area (Å²) in [5, 5.41) is 10.1. The van der Waals surface area contributed by atoms with E-state index in [2.05, 4.69) is 30.7 Å². The number of carbonyl (C=O) groups is 1. The Labute approximate surface area is 192 Å². The molecule has 2 N–H and O–H groups in total. The number of aromatic nitrogens is 4. The Morgan fingerprint density at radius 3 is 2.55 bits per heavy atom. The van der Waals surface area contributed by atoms with E-state index in [0.717, 1.165) is 22.6 Å². The minimum absolute atomic E-state index is 0.197. The molecule has 9 heteroatoms. The van der Waals surface area contributed by atoms with E-state index in [1.165, 1.54) is 6.33 Å². The van der Waals surface area contributed by atoms with Crippen LogP contribution in [-0.4, -0.2) is 40.1 Å². The third kappa shape index (κ3) is 4.77. The van der Waals surface area contributed by atoms with Gasteiger partial charge in [-0.25, -0.2) is 15.0 Å². The van der Waals surface area contributed by atoms with Crippen LogP contribution >= 0.6 is 0 Å². The predicted molar refractivity (Wildman–Crippen MR) is 129 cm³/mol. The molecule has 0 bridgehead atoms. The maximum absolute atomic E-state index is 12.9. The predicted octanol–water partition coefficient (Wildman–Crippen LogP) is 4.68. The smallest absolute Gasteiger partial charge is 0.256 e. The normalized spacial score (nSPS) is 11.5. The standard InChI is InChI=1S/C24H27N7O2/c1-14-7-8-15(23(32)28-19-12-18(33-30-19)24(2,3)4)11-17(14)27-22-21-16(25-13-26-22)9-10-20(29-21)31(5)6/h7-13H,1-6H3,(H,25,26,27)(H,28,30,32). The van der Waals surface area contributed by atoms with Crippen molar-refractivity contribution in [1.82, 2.24) is 20.1 Å². The van der Waals surface area contributed by atoms with Gasteiger partial charge in [-0.05, 0) is 36.8 Å². The number of fused-ring (bicyclic) bond motifs is 1. The summed E-state index contributed by atoms with van der Waals surface area (Å²) >= 11 is 0.